The van der Waals surface area contributed by atoms with E-state index >= 15 is 0 Å². The summed E-state index contributed by atoms with van der Waals surface area (Å²) < 4.78 is 31.1. The molecule has 1 heterocycles. The second kappa shape index (κ2) is 9.47. The summed E-state index contributed by atoms with van der Waals surface area (Å²) in [7, 11) is -3.52. The first-order chi connectivity index (χ1) is 13.8. The molecule has 0 saturated heterocycles. The molecule has 1 amide bonds. The van der Waals surface area contributed by atoms with Crippen LogP contribution in [0.1, 0.15) is 5.56 Å². The summed E-state index contributed by atoms with van der Waals surface area (Å²) in [6.07, 6.45) is 0.212. The summed E-state index contributed by atoms with van der Waals surface area (Å²) >= 11 is 13.5. The number of nitrogens with zero attached hydrogens (tertiary/aromatic N) is 1. The van der Waals surface area contributed by atoms with Crippen LogP contribution >= 0.6 is 35.0 Å². The quantitative estimate of drug-likeness (QED) is 0.620. The zero-order valence-corrected chi connectivity index (χ0v) is 18.7. The van der Waals surface area contributed by atoms with E-state index in [1.807, 2.05) is 12.1 Å². The average Bonchev–Trinajstić information content (AvgIpc) is 2.68. The number of sulfonamides is 1. The summed E-state index contributed by atoms with van der Waals surface area (Å²) in [6, 6.07) is 12.3. The summed E-state index contributed by atoms with van der Waals surface area (Å²) in [4.78, 5) is 12.5. The Balaban J connectivity index is 1.51. The maximum Gasteiger partial charge on any atom is 0.263 e. The Hall–Kier alpha value is -1.61. The summed E-state index contributed by atoms with van der Waals surface area (Å²) in [5, 5.41) is 3.84. The van der Waals surface area contributed by atoms with Gasteiger partial charge in [0.25, 0.3) is 5.91 Å². The number of hydrogen-bond donors (Lipinski definition) is 1. The highest BCUT2D eigenvalue weighted by Crippen LogP contribution is 2.34. The van der Waals surface area contributed by atoms with Gasteiger partial charge in [0.15, 0.2) is 6.10 Å². The van der Waals surface area contributed by atoms with E-state index in [0.717, 1.165) is 17.6 Å². The van der Waals surface area contributed by atoms with E-state index in [4.69, 9.17) is 27.9 Å². The second-order valence-corrected chi connectivity index (χ2v) is 10.3. The monoisotopic (exact) mass is 474 g/mol. The average molecular weight is 475 g/mol. The number of fused-ring (bicyclic) bond motifs is 1. The molecule has 0 radical (unpaired) electrons. The van der Waals surface area contributed by atoms with Gasteiger partial charge in [-0.25, -0.2) is 8.42 Å². The molecule has 2 aromatic rings. The first kappa shape index (κ1) is 22.1. The van der Waals surface area contributed by atoms with E-state index < -0.39 is 16.1 Å². The second-order valence-electron chi connectivity index (χ2n) is 6.46. The molecule has 156 valence electrons. The lowest BCUT2D eigenvalue weighted by atomic mass is 10.2. The lowest BCUT2D eigenvalue weighted by molar-refractivity contribution is -0.127. The van der Waals surface area contributed by atoms with Gasteiger partial charge in [-0.1, -0.05) is 41.4 Å². The zero-order chi connectivity index (χ0) is 21.0. The molecule has 0 unspecified atom stereocenters. The molecule has 1 N–H and O–H groups in total. The van der Waals surface area contributed by atoms with Crippen LogP contribution in [0.4, 0.5) is 5.69 Å². The first-order valence-corrected chi connectivity index (χ1v) is 12.5. The number of carbonyl (C=O) groups is 1. The van der Waals surface area contributed by atoms with E-state index in [0.29, 0.717) is 33.8 Å². The third-order valence-electron chi connectivity index (χ3n) is 4.23. The van der Waals surface area contributed by atoms with Crippen LogP contribution < -0.4 is 14.4 Å². The van der Waals surface area contributed by atoms with E-state index in [-0.39, 0.29) is 12.5 Å². The highest BCUT2D eigenvalue weighted by molar-refractivity contribution is 7.98. The summed E-state index contributed by atoms with van der Waals surface area (Å²) in [5.41, 5.74) is 1.49. The van der Waals surface area contributed by atoms with Crippen LogP contribution in [-0.4, -0.2) is 45.5 Å². The molecule has 0 bridgehead atoms. The zero-order valence-electron chi connectivity index (χ0n) is 15.6. The van der Waals surface area contributed by atoms with Crippen molar-refractivity contribution in [3.63, 3.8) is 0 Å². The molecule has 0 fully saturated rings. The van der Waals surface area contributed by atoms with Crippen molar-refractivity contribution in [3.05, 3.63) is 58.1 Å². The fourth-order valence-electron chi connectivity index (χ4n) is 2.83. The molecule has 0 aliphatic carbocycles. The Morgan fingerprint density at radius 3 is 2.72 bits per heavy atom. The number of hydrogen-bond acceptors (Lipinski definition) is 5. The number of carbonyl (C=O) groups excluding carboxylic acids is 1. The van der Waals surface area contributed by atoms with Crippen molar-refractivity contribution >= 4 is 56.6 Å². The predicted molar refractivity (Wildman–Crippen MR) is 119 cm³/mol. The number of ether oxygens (including phenoxy) is 1. The maximum atomic E-state index is 12.5. The molecule has 1 aliphatic heterocycles. The Morgan fingerprint density at radius 2 is 2.00 bits per heavy atom. The molecule has 0 spiro atoms. The Bertz CT molecular complexity index is 1000. The van der Waals surface area contributed by atoms with Gasteiger partial charge >= 0.3 is 0 Å². The standard InChI is InChI=1S/C19H20Cl2N2O4S2/c1-29(25,26)23-11-18(27-17-5-3-2-4-16(17)23)19(24)22-8-9-28-12-13-6-7-14(20)15(21)10-13/h2-7,10,18H,8-9,11-12H2,1H3,(H,22,24)/t18-/m0/s1. The van der Waals surface area contributed by atoms with E-state index in [9.17, 15) is 13.2 Å². The van der Waals surface area contributed by atoms with Gasteiger partial charge in [-0.3, -0.25) is 9.10 Å². The molecule has 1 aliphatic rings. The highest BCUT2D eigenvalue weighted by atomic mass is 35.5. The number of rotatable bonds is 7. The van der Waals surface area contributed by atoms with Crippen LogP contribution in [0.5, 0.6) is 5.75 Å². The highest BCUT2D eigenvalue weighted by Gasteiger charge is 2.34. The Kier molecular flexibility index (Phi) is 7.21. The Labute approximate surface area is 184 Å². The SMILES string of the molecule is CS(=O)(=O)N1C[C@@H](C(=O)NCCSCc2ccc(Cl)c(Cl)c2)Oc2ccccc21. The number of benzene rings is 2. The van der Waals surface area contributed by atoms with Crippen molar-refractivity contribution in [1.82, 2.24) is 5.32 Å². The van der Waals surface area contributed by atoms with E-state index in [2.05, 4.69) is 5.32 Å². The van der Waals surface area contributed by atoms with Gasteiger partial charge in [0, 0.05) is 18.1 Å². The smallest absolute Gasteiger partial charge is 0.263 e. The van der Waals surface area contributed by atoms with Gasteiger partial charge in [-0.05, 0) is 29.8 Å². The fraction of sp³-hybridized carbons (Fsp3) is 0.316. The van der Waals surface area contributed by atoms with E-state index in [1.54, 1.807) is 42.1 Å². The van der Waals surface area contributed by atoms with Gasteiger partial charge in [-0.15, -0.1) is 0 Å². The largest absolute Gasteiger partial charge is 0.476 e. The maximum absolute atomic E-state index is 12.5. The number of amides is 1. The van der Waals surface area contributed by atoms with Gasteiger partial charge < -0.3 is 10.1 Å². The van der Waals surface area contributed by atoms with Crippen LogP contribution in [0.3, 0.4) is 0 Å². The topological polar surface area (TPSA) is 75.7 Å². The van der Waals surface area contributed by atoms with Crippen LogP contribution in [0, 0.1) is 0 Å². The van der Waals surface area contributed by atoms with Crippen molar-refractivity contribution in [3.8, 4) is 5.75 Å². The third kappa shape index (κ3) is 5.72. The predicted octanol–water partition coefficient (Wildman–Crippen LogP) is 3.57. The molecular formula is C19H20Cl2N2O4S2. The fourth-order valence-corrected chi connectivity index (χ4v) is 4.87. The number of thioether (sulfide) groups is 1. The number of anilines is 1. The van der Waals surface area contributed by atoms with Crippen LogP contribution in [-0.2, 0) is 20.6 Å². The molecule has 0 aromatic heterocycles. The molecule has 6 nitrogen and oxygen atoms in total. The lowest BCUT2D eigenvalue weighted by Gasteiger charge is -2.33. The van der Waals surface area contributed by atoms with Gasteiger partial charge in [0.05, 0.1) is 28.5 Å². The number of nitrogens with one attached hydrogen (secondary N) is 1. The minimum atomic E-state index is -3.52. The number of halogens is 2. The van der Waals surface area contributed by atoms with Crippen molar-refractivity contribution < 1.29 is 17.9 Å². The van der Waals surface area contributed by atoms with Crippen molar-refractivity contribution in [1.29, 1.82) is 0 Å². The molecule has 10 heteroatoms. The summed E-state index contributed by atoms with van der Waals surface area (Å²) in [6.45, 7) is 0.378. The van der Waals surface area contributed by atoms with Gasteiger partial charge in [-0.2, -0.15) is 11.8 Å². The van der Waals surface area contributed by atoms with Crippen LogP contribution in [0.25, 0.3) is 0 Å². The molecule has 0 saturated carbocycles. The molecular weight excluding hydrogens is 455 g/mol. The van der Waals surface area contributed by atoms with Crippen molar-refractivity contribution in [2.24, 2.45) is 0 Å². The van der Waals surface area contributed by atoms with Crippen molar-refractivity contribution in [2.45, 2.75) is 11.9 Å². The minimum Gasteiger partial charge on any atom is -0.476 e. The van der Waals surface area contributed by atoms with Gasteiger partial charge in [0.2, 0.25) is 10.0 Å². The summed E-state index contributed by atoms with van der Waals surface area (Å²) in [5.74, 6) is 1.45. The van der Waals surface area contributed by atoms with Crippen molar-refractivity contribution in [2.75, 3.05) is 29.4 Å². The molecule has 3 rings (SSSR count). The Morgan fingerprint density at radius 1 is 1.24 bits per heavy atom. The first-order valence-electron chi connectivity index (χ1n) is 8.78. The molecule has 29 heavy (non-hydrogen) atoms. The van der Waals surface area contributed by atoms with Gasteiger partial charge in [0.1, 0.15) is 5.75 Å². The van der Waals surface area contributed by atoms with Crippen LogP contribution in [0.2, 0.25) is 10.0 Å². The lowest BCUT2D eigenvalue weighted by Crippen LogP contribution is -2.50. The molecule has 2 aromatic carbocycles. The number of para-hydroxylation sites is 2. The van der Waals surface area contributed by atoms with E-state index in [1.165, 1.54) is 4.31 Å². The normalized spacial score (nSPS) is 16.1. The third-order valence-corrected chi connectivity index (χ3v) is 7.14. The minimum absolute atomic E-state index is 0.0574. The molecule has 1 atom stereocenters. The van der Waals surface area contributed by atoms with Crippen LogP contribution in [0.15, 0.2) is 42.5 Å².